The normalized spacial score (nSPS) is 10.8. The number of rotatable bonds is 6. The number of amides is 1. The molecule has 2 rings (SSSR count). The van der Waals surface area contributed by atoms with Gasteiger partial charge in [-0.3, -0.25) is 4.79 Å². The van der Waals surface area contributed by atoms with Crippen LogP contribution >= 0.6 is 11.6 Å². The van der Waals surface area contributed by atoms with Crippen LogP contribution in [-0.4, -0.2) is 49.6 Å². The fourth-order valence-corrected chi connectivity index (χ4v) is 2.91. The second-order valence-electron chi connectivity index (χ2n) is 7.16. The van der Waals surface area contributed by atoms with Crippen LogP contribution in [0.25, 0.3) is 11.0 Å². The molecule has 0 aliphatic heterocycles. The summed E-state index contributed by atoms with van der Waals surface area (Å²) in [6, 6.07) is 3.07. The van der Waals surface area contributed by atoms with E-state index in [1.54, 1.807) is 24.9 Å². The van der Waals surface area contributed by atoms with E-state index in [2.05, 4.69) is 24.6 Å². The van der Waals surface area contributed by atoms with Crippen molar-refractivity contribution < 1.29 is 13.9 Å². The molecular weight excluding hydrogens is 375 g/mol. The number of carbonyl (C=O) groups is 1. The smallest absolute Gasteiger partial charge is 0.209 e. The first kappa shape index (κ1) is 22.1. The number of aromatic nitrogens is 2. The maximum absolute atomic E-state index is 13.5. The molecule has 2 aromatic heterocycles. The number of hydrogen-bond acceptors (Lipinski definition) is 4. The SMILES string of the molecule is CN(C)C=O.C[Si](C)(C)CCOCn1cc(C#N)c2c(Cl)c(F)cnc21. The monoisotopic (exact) mass is 398 g/mol. The van der Waals surface area contributed by atoms with Crippen molar-refractivity contribution in [3.05, 3.63) is 28.8 Å². The molecule has 0 saturated heterocycles. The van der Waals surface area contributed by atoms with E-state index in [1.165, 1.54) is 4.90 Å². The summed E-state index contributed by atoms with van der Waals surface area (Å²) in [7, 11) is 2.23. The van der Waals surface area contributed by atoms with E-state index in [4.69, 9.17) is 21.6 Å². The molecule has 1 amide bonds. The first-order valence-electron chi connectivity index (χ1n) is 8.03. The average molecular weight is 399 g/mol. The van der Waals surface area contributed by atoms with Crippen LogP contribution in [0.5, 0.6) is 0 Å². The van der Waals surface area contributed by atoms with Crippen molar-refractivity contribution in [3.8, 4) is 6.07 Å². The van der Waals surface area contributed by atoms with Gasteiger partial charge < -0.3 is 14.2 Å². The molecule has 0 aromatic carbocycles. The Morgan fingerprint density at radius 2 is 2.08 bits per heavy atom. The number of hydrogen-bond donors (Lipinski definition) is 0. The molecule has 2 heterocycles. The lowest BCUT2D eigenvalue weighted by Gasteiger charge is -2.15. The van der Waals surface area contributed by atoms with Gasteiger partial charge in [-0.15, -0.1) is 0 Å². The van der Waals surface area contributed by atoms with Gasteiger partial charge in [0, 0.05) is 35.0 Å². The molecule has 0 aliphatic rings. The largest absolute Gasteiger partial charge is 0.361 e. The number of ether oxygens (including phenoxy) is 1. The molecule has 0 N–H and O–H groups in total. The number of nitrogens with zero attached hydrogens (tertiary/aromatic N) is 4. The fourth-order valence-electron chi connectivity index (χ4n) is 1.92. The van der Waals surface area contributed by atoms with E-state index < -0.39 is 13.9 Å². The molecule has 0 radical (unpaired) electrons. The van der Waals surface area contributed by atoms with Gasteiger partial charge in [-0.05, 0) is 6.04 Å². The van der Waals surface area contributed by atoms with Crippen molar-refractivity contribution in [2.24, 2.45) is 0 Å². The summed E-state index contributed by atoms with van der Waals surface area (Å²) in [4.78, 5) is 14.9. The van der Waals surface area contributed by atoms with E-state index in [9.17, 15) is 9.18 Å². The van der Waals surface area contributed by atoms with Crippen molar-refractivity contribution in [1.82, 2.24) is 14.5 Å². The third-order valence-electron chi connectivity index (χ3n) is 3.34. The van der Waals surface area contributed by atoms with Crippen LogP contribution in [0.3, 0.4) is 0 Å². The minimum atomic E-state index is -1.14. The maximum atomic E-state index is 13.5. The second-order valence-corrected chi connectivity index (χ2v) is 13.2. The highest BCUT2D eigenvalue weighted by Gasteiger charge is 2.17. The van der Waals surface area contributed by atoms with Gasteiger partial charge in [0.2, 0.25) is 6.41 Å². The molecule has 9 heteroatoms. The summed E-state index contributed by atoms with van der Waals surface area (Å²) in [5.41, 5.74) is 0.766. The predicted octanol–water partition coefficient (Wildman–Crippen LogP) is 3.72. The Bertz CT molecular complexity index is 797. The first-order chi connectivity index (χ1) is 12.1. The maximum Gasteiger partial charge on any atom is 0.209 e. The van der Waals surface area contributed by atoms with Gasteiger partial charge in [0.25, 0.3) is 0 Å². The van der Waals surface area contributed by atoms with Crippen molar-refractivity contribution in [2.75, 3.05) is 20.7 Å². The van der Waals surface area contributed by atoms with Crippen LogP contribution in [0, 0.1) is 17.1 Å². The van der Waals surface area contributed by atoms with E-state index in [1.807, 2.05) is 6.07 Å². The standard InChI is InChI=1S/C14H17ClFN3OSi.C3H7NO/c1-21(2,3)5-4-20-9-19-8-10(6-17)12-13(15)11(16)7-18-14(12)19;1-4(2)3-5/h7-8H,4-5,9H2,1-3H3;3H,1-2H3. The predicted molar refractivity (Wildman–Crippen MR) is 103 cm³/mol. The zero-order valence-electron chi connectivity index (χ0n) is 15.7. The highest BCUT2D eigenvalue weighted by molar-refractivity contribution is 6.76. The molecule has 0 saturated carbocycles. The minimum Gasteiger partial charge on any atom is -0.361 e. The molecule has 0 spiro atoms. The van der Waals surface area contributed by atoms with E-state index in [-0.39, 0.29) is 11.8 Å². The molecule has 2 aromatic rings. The fraction of sp³-hybridized carbons (Fsp3) is 0.471. The van der Waals surface area contributed by atoms with Crippen LogP contribution < -0.4 is 0 Å². The summed E-state index contributed by atoms with van der Waals surface area (Å²) in [6.07, 6.45) is 3.40. The Morgan fingerprint density at radius 3 is 2.58 bits per heavy atom. The molecule has 6 nitrogen and oxygen atoms in total. The van der Waals surface area contributed by atoms with Gasteiger partial charge in [-0.25, -0.2) is 9.37 Å². The zero-order valence-corrected chi connectivity index (χ0v) is 17.5. The highest BCUT2D eigenvalue weighted by Crippen LogP contribution is 2.29. The summed E-state index contributed by atoms with van der Waals surface area (Å²) in [5.74, 6) is -0.627. The molecule has 0 aliphatic carbocycles. The molecule has 0 fully saturated rings. The topological polar surface area (TPSA) is 71.2 Å². The van der Waals surface area contributed by atoms with Gasteiger partial charge in [0.1, 0.15) is 18.4 Å². The van der Waals surface area contributed by atoms with Gasteiger partial charge in [0.05, 0.1) is 22.2 Å². The van der Waals surface area contributed by atoms with Crippen LogP contribution in [-0.2, 0) is 16.3 Å². The second kappa shape index (κ2) is 9.66. The number of fused-ring (bicyclic) bond motifs is 1. The van der Waals surface area contributed by atoms with Crippen LogP contribution in [0.2, 0.25) is 30.7 Å². The summed E-state index contributed by atoms with van der Waals surface area (Å²) >= 11 is 5.93. The third kappa shape index (κ3) is 6.41. The van der Waals surface area contributed by atoms with Crippen LogP contribution in [0.1, 0.15) is 5.56 Å². The van der Waals surface area contributed by atoms with Crippen molar-refractivity contribution in [1.29, 1.82) is 5.26 Å². The van der Waals surface area contributed by atoms with Crippen molar-refractivity contribution in [3.63, 3.8) is 0 Å². The molecule has 0 unspecified atom stereocenters. The molecular formula is C17H24ClFN4O2Si. The highest BCUT2D eigenvalue weighted by atomic mass is 35.5. The third-order valence-corrected chi connectivity index (χ3v) is 5.41. The van der Waals surface area contributed by atoms with Gasteiger partial charge >= 0.3 is 0 Å². The van der Waals surface area contributed by atoms with E-state index >= 15 is 0 Å². The summed E-state index contributed by atoms with van der Waals surface area (Å²) in [6.45, 7) is 7.77. The minimum absolute atomic E-state index is 0.0719. The van der Waals surface area contributed by atoms with Crippen LogP contribution in [0.15, 0.2) is 12.4 Å². The van der Waals surface area contributed by atoms with Gasteiger partial charge in [0.15, 0.2) is 5.82 Å². The molecule has 26 heavy (non-hydrogen) atoms. The Hall–Kier alpha value is -1.95. The van der Waals surface area contributed by atoms with E-state index in [0.29, 0.717) is 23.2 Å². The van der Waals surface area contributed by atoms with Crippen molar-refractivity contribution in [2.45, 2.75) is 32.4 Å². The van der Waals surface area contributed by atoms with Crippen molar-refractivity contribution >= 4 is 37.1 Å². The summed E-state index contributed by atoms with van der Waals surface area (Å²) < 4.78 is 20.8. The molecule has 0 atom stereocenters. The zero-order chi connectivity index (χ0) is 19.9. The lowest BCUT2D eigenvalue weighted by atomic mass is 10.2. The van der Waals surface area contributed by atoms with Gasteiger partial charge in [-0.1, -0.05) is 31.2 Å². The Kier molecular flexibility index (Phi) is 8.21. The number of carbonyl (C=O) groups excluding carboxylic acids is 1. The molecule has 142 valence electrons. The number of pyridine rings is 1. The van der Waals surface area contributed by atoms with E-state index in [0.717, 1.165) is 18.7 Å². The summed E-state index contributed by atoms with van der Waals surface area (Å²) in [5, 5.41) is 9.40. The Morgan fingerprint density at radius 1 is 1.46 bits per heavy atom. The molecule has 0 bridgehead atoms. The van der Waals surface area contributed by atoms with Gasteiger partial charge in [-0.2, -0.15) is 5.26 Å². The lowest BCUT2D eigenvalue weighted by molar-refractivity contribution is -0.115. The average Bonchev–Trinajstić information content (AvgIpc) is 2.93. The van der Waals surface area contributed by atoms with Crippen LogP contribution in [0.4, 0.5) is 4.39 Å². The lowest BCUT2D eigenvalue weighted by Crippen LogP contribution is -2.22. The first-order valence-corrected chi connectivity index (χ1v) is 12.1. The number of halogens is 2. The number of nitriles is 1. The quantitative estimate of drug-likeness (QED) is 0.422. The Balaban J connectivity index is 0.000000597. The Labute approximate surface area is 159 Å².